The maximum Gasteiger partial charge on any atom is 2.00 e. The average Bonchev–Trinajstić information content (AvgIpc) is 3.81. The third-order valence-corrected chi connectivity index (χ3v) is 13.0. The van der Waals surface area contributed by atoms with Gasteiger partial charge in [0.1, 0.15) is 0 Å². The smallest absolute Gasteiger partial charge is 0.396 e. The van der Waals surface area contributed by atoms with E-state index in [0.29, 0.717) is 6.04 Å². The van der Waals surface area contributed by atoms with Crippen LogP contribution in [0.15, 0.2) is 121 Å². The summed E-state index contributed by atoms with van der Waals surface area (Å²) in [5.41, 5.74) is 2.87. The third-order valence-electron chi connectivity index (χ3n) is 8.06. The van der Waals surface area contributed by atoms with Crippen LogP contribution in [-0.2, 0) is 17.1 Å². The van der Waals surface area contributed by atoms with Gasteiger partial charge in [-0.15, -0.1) is 0 Å². The standard InChI is InChI=1S/C24H29NOP.C17H14P.Fe/c1-20(25(2)18-9-10-19-26)23-16-11-17-24(23)27(21-12-5-3-6-13-21)22-14-7-4-8-15-22;1-3-9-15(10-4-1)18(17-13-7-8-14-17)16-11-5-2-6-12-16;/h3-8,11-17,20,26H,9-10,18-19H2,1-2H3;1-14H;/q;;+2/t20-;;/m1../s1. The van der Waals surface area contributed by atoms with Crippen molar-refractivity contribution in [3.8, 4) is 0 Å². The fourth-order valence-electron chi connectivity index (χ4n) is 5.58. The zero-order chi connectivity index (χ0) is 31.3. The van der Waals surface area contributed by atoms with Crippen LogP contribution in [0, 0.1) is 62.2 Å². The summed E-state index contributed by atoms with van der Waals surface area (Å²) in [4.78, 5) is 2.40. The molecule has 10 radical (unpaired) electrons. The van der Waals surface area contributed by atoms with Crippen molar-refractivity contribution < 1.29 is 22.2 Å². The van der Waals surface area contributed by atoms with E-state index in [1.807, 2.05) is 0 Å². The van der Waals surface area contributed by atoms with Gasteiger partial charge in [-0.3, -0.25) is 0 Å². The molecule has 1 N–H and O–H groups in total. The normalized spacial score (nSPS) is 16.4. The summed E-state index contributed by atoms with van der Waals surface area (Å²) in [7, 11) is 1.21. The van der Waals surface area contributed by atoms with Gasteiger partial charge in [-0.2, -0.15) is 0 Å². The molecule has 46 heavy (non-hydrogen) atoms. The Balaban J connectivity index is 0.000000220. The molecule has 2 saturated carbocycles. The van der Waals surface area contributed by atoms with Crippen LogP contribution in [0.3, 0.4) is 0 Å². The summed E-state index contributed by atoms with van der Waals surface area (Å²) in [6.07, 6.45) is 17.4. The molecule has 1 atom stereocenters. The number of benzene rings is 4. The van der Waals surface area contributed by atoms with Crippen LogP contribution in [0.1, 0.15) is 19.8 Å². The molecule has 234 valence electrons. The van der Waals surface area contributed by atoms with E-state index in [2.05, 4.69) is 185 Å². The Labute approximate surface area is 292 Å². The first kappa shape index (κ1) is 37.0. The maximum absolute atomic E-state index is 9.05. The van der Waals surface area contributed by atoms with Crippen molar-refractivity contribution in [2.75, 3.05) is 20.2 Å². The number of nitrogens with zero attached hydrogens (tertiary/aromatic N) is 1. The zero-order valence-electron chi connectivity index (χ0n) is 26.6. The molecule has 2 aliphatic carbocycles. The predicted octanol–water partition coefficient (Wildman–Crippen LogP) is 7.42. The van der Waals surface area contributed by atoms with Crippen molar-refractivity contribution in [3.63, 3.8) is 0 Å². The molecule has 4 aromatic rings. The van der Waals surface area contributed by atoms with Crippen molar-refractivity contribution in [3.05, 3.63) is 184 Å². The van der Waals surface area contributed by atoms with Gasteiger partial charge >= 0.3 is 17.1 Å². The molecule has 6 rings (SSSR count). The minimum Gasteiger partial charge on any atom is -0.396 e. The number of unbranched alkanes of at least 4 members (excludes halogenated alkanes) is 1. The van der Waals surface area contributed by atoms with Crippen LogP contribution < -0.4 is 21.2 Å². The molecule has 0 amide bonds. The summed E-state index contributed by atoms with van der Waals surface area (Å²) >= 11 is 0. The summed E-state index contributed by atoms with van der Waals surface area (Å²) in [6, 6.07) is 43.7. The van der Waals surface area contributed by atoms with Crippen LogP contribution in [-0.4, -0.2) is 36.2 Å². The first-order chi connectivity index (χ1) is 22.2. The molecule has 0 bridgehead atoms. The Hall–Kier alpha value is -1.82. The fourth-order valence-corrected chi connectivity index (χ4v) is 10.4. The number of hydrogen-bond donors (Lipinski definition) is 1. The van der Waals surface area contributed by atoms with E-state index in [1.54, 1.807) is 0 Å². The summed E-state index contributed by atoms with van der Waals surface area (Å²) < 4.78 is 0. The molecule has 0 aliphatic heterocycles. The fraction of sp³-hybridized carbons (Fsp3) is 0.171. The van der Waals surface area contributed by atoms with Crippen LogP contribution in [0.2, 0.25) is 0 Å². The van der Waals surface area contributed by atoms with Crippen LogP contribution in [0.5, 0.6) is 0 Å². The first-order valence-electron chi connectivity index (χ1n) is 15.8. The average molecular weight is 684 g/mol. The van der Waals surface area contributed by atoms with Crippen LogP contribution in [0.4, 0.5) is 0 Å². The van der Waals surface area contributed by atoms with E-state index in [0.717, 1.165) is 19.4 Å². The maximum atomic E-state index is 9.05. The van der Waals surface area contributed by atoms with Gasteiger partial charge in [-0.25, -0.2) is 0 Å². The zero-order valence-corrected chi connectivity index (χ0v) is 29.5. The number of hydrogen-bond acceptors (Lipinski definition) is 2. The molecular formula is C41H43FeNOP2+2. The van der Waals surface area contributed by atoms with Gasteiger partial charge in [0.2, 0.25) is 0 Å². The van der Waals surface area contributed by atoms with E-state index in [9.17, 15) is 0 Å². The van der Waals surface area contributed by atoms with Crippen molar-refractivity contribution in [1.29, 1.82) is 0 Å². The van der Waals surface area contributed by atoms with E-state index in [4.69, 9.17) is 5.11 Å². The molecule has 4 aromatic carbocycles. The van der Waals surface area contributed by atoms with Gasteiger partial charge in [-0.05, 0) is 115 Å². The second-order valence-electron chi connectivity index (χ2n) is 11.1. The molecule has 0 heterocycles. The van der Waals surface area contributed by atoms with Gasteiger partial charge < -0.3 is 10.0 Å². The SMILES string of the molecule is C[C@H]([C]1[CH][CH][CH][C]1P(c1ccccc1)c1ccccc1)N(C)CCCCO.[CH]1[CH][CH][C](P(c2ccccc2)c2ccccc2)[CH]1.[Fe+2]. The van der Waals surface area contributed by atoms with Crippen molar-refractivity contribution >= 4 is 37.1 Å². The third kappa shape index (κ3) is 10.1. The summed E-state index contributed by atoms with van der Waals surface area (Å²) in [5.74, 6) is 1.42. The molecule has 0 aromatic heterocycles. The van der Waals surface area contributed by atoms with Gasteiger partial charge in [0.05, 0.1) is 0 Å². The monoisotopic (exact) mass is 683 g/mol. The molecule has 2 aliphatic rings. The van der Waals surface area contributed by atoms with E-state index >= 15 is 0 Å². The van der Waals surface area contributed by atoms with E-state index in [1.165, 1.54) is 38.5 Å². The molecule has 2 nitrogen and oxygen atoms in total. The second-order valence-corrected chi connectivity index (χ2v) is 15.5. The Morgan fingerprint density at radius 1 is 0.565 bits per heavy atom. The van der Waals surface area contributed by atoms with Gasteiger partial charge in [0.25, 0.3) is 0 Å². The number of aliphatic hydroxyl groups excluding tert-OH is 1. The minimum atomic E-state index is -0.570. The van der Waals surface area contributed by atoms with Crippen molar-refractivity contribution in [2.45, 2.75) is 25.8 Å². The molecule has 5 heteroatoms. The molecule has 2 fully saturated rings. The number of aliphatic hydroxyl groups is 1. The van der Waals surface area contributed by atoms with Gasteiger partial charge in [-0.1, -0.05) is 121 Å². The largest absolute Gasteiger partial charge is 2.00 e. The minimum absolute atomic E-state index is 0. The number of rotatable bonds is 12. The Morgan fingerprint density at radius 2 is 1.00 bits per heavy atom. The van der Waals surface area contributed by atoms with Crippen molar-refractivity contribution in [2.24, 2.45) is 0 Å². The quantitative estimate of drug-likeness (QED) is 0.0955. The van der Waals surface area contributed by atoms with Gasteiger partial charge in [0, 0.05) is 29.9 Å². The van der Waals surface area contributed by atoms with Crippen LogP contribution >= 0.6 is 15.8 Å². The topological polar surface area (TPSA) is 23.5 Å². The molecule has 0 unspecified atom stereocenters. The van der Waals surface area contributed by atoms with E-state index < -0.39 is 15.8 Å². The predicted molar refractivity (Wildman–Crippen MR) is 196 cm³/mol. The Morgan fingerprint density at radius 3 is 1.43 bits per heavy atom. The second kappa shape index (κ2) is 19.9. The summed E-state index contributed by atoms with van der Waals surface area (Å²) in [6.45, 7) is 3.57. The van der Waals surface area contributed by atoms with Crippen LogP contribution in [0.25, 0.3) is 0 Å². The first-order valence-corrected chi connectivity index (χ1v) is 18.4. The van der Waals surface area contributed by atoms with Gasteiger partial charge in [0.15, 0.2) is 0 Å². The summed E-state index contributed by atoms with van der Waals surface area (Å²) in [5, 5.41) is 14.6. The Bertz CT molecular complexity index is 1280. The van der Waals surface area contributed by atoms with Crippen molar-refractivity contribution in [1.82, 2.24) is 4.90 Å². The molecule has 0 spiro atoms. The molecule has 0 saturated heterocycles. The van der Waals surface area contributed by atoms with E-state index in [-0.39, 0.29) is 23.7 Å². The Kier molecular flexibility index (Phi) is 16.0. The molecular weight excluding hydrogens is 640 g/mol.